The molecule has 0 radical (unpaired) electrons. The number of aromatic nitrogens is 4. The Hall–Kier alpha value is -3.74. The number of nitrogens with zero attached hydrogens (tertiary/aromatic N) is 5. The van der Waals surface area contributed by atoms with Crippen molar-refractivity contribution in [3.05, 3.63) is 47.0 Å². The lowest BCUT2D eigenvalue weighted by Gasteiger charge is -2.41. The van der Waals surface area contributed by atoms with Crippen LogP contribution in [0.4, 0.5) is 19.0 Å². The van der Waals surface area contributed by atoms with Crippen LogP contribution in [0.15, 0.2) is 30.3 Å². The SMILES string of the molecule is O=C1NNC(Cc2ccc(C(F)(F)F)c(C(=O)N3CCN(c4ccc5n[nH]nc5n4)CC3)c2)C2CCCCC12. The number of hydrogen-bond donors (Lipinski definition) is 3. The first kappa shape index (κ1) is 25.5. The van der Waals surface area contributed by atoms with Gasteiger partial charge in [-0.25, -0.2) is 10.4 Å². The maximum atomic E-state index is 14.0. The number of nitrogens with one attached hydrogen (secondary N) is 3. The monoisotopic (exact) mass is 542 g/mol. The number of carbonyl (C=O) groups excluding carboxylic acids is 2. The van der Waals surface area contributed by atoms with E-state index in [0.29, 0.717) is 42.1 Å². The van der Waals surface area contributed by atoms with Gasteiger partial charge in [-0.3, -0.25) is 15.0 Å². The lowest BCUT2D eigenvalue weighted by molar-refractivity contribution is -0.138. The predicted octanol–water partition coefficient (Wildman–Crippen LogP) is 2.69. The summed E-state index contributed by atoms with van der Waals surface area (Å²) in [7, 11) is 0. The number of hydrazine groups is 1. The third-order valence-corrected chi connectivity index (χ3v) is 8.19. The number of alkyl halides is 3. The zero-order chi connectivity index (χ0) is 27.1. The number of aromatic amines is 1. The van der Waals surface area contributed by atoms with E-state index in [2.05, 4.69) is 31.2 Å². The molecule has 3 N–H and O–H groups in total. The number of amides is 2. The molecule has 3 aliphatic rings. The number of benzene rings is 1. The molecule has 1 aromatic carbocycles. The van der Waals surface area contributed by atoms with Gasteiger partial charge in [-0.15, -0.1) is 5.10 Å². The van der Waals surface area contributed by atoms with Crippen molar-refractivity contribution in [1.29, 1.82) is 0 Å². The second-order valence-electron chi connectivity index (χ2n) is 10.5. The van der Waals surface area contributed by atoms with E-state index >= 15 is 0 Å². The van der Waals surface area contributed by atoms with Gasteiger partial charge < -0.3 is 9.80 Å². The number of rotatable bonds is 4. The Bertz CT molecular complexity index is 1390. The molecule has 0 bridgehead atoms. The van der Waals surface area contributed by atoms with Crippen LogP contribution >= 0.6 is 0 Å². The molecule has 2 amide bonds. The number of hydrogen-bond acceptors (Lipinski definition) is 7. The van der Waals surface area contributed by atoms with Crippen LogP contribution in [0, 0.1) is 11.8 Å². The minimum Gasteiger partial charge on any atom is -0.353 e. The number of carbonyl (C=O) groups is 2. The summed E-state index contributed by atoms with van der Waals surface area (Å²) in [6.45, 7) is 1.38. The summed E-state index contributed by atoms with van der Waals surface area (Å²) in [5, 5.41) is 10.5. The number of H-pyrrole nitrogens is 1. The lowest BCUT2D eigenvalue weighted by atomic mass is 9.72. The number of anilines is 1. The molecule has 13 heteroatoms. The second kappa shape index (κ2) is 10.1. The molecule has 4 heterocycles. The standard InChI is InChI=1S/C26H29F3N8O2/c27-26(28,29)19-6-5-15(14-21-16-3-1-2-4-17(16)24(38)34-31-21)13-18(19)25(39)37-11-9-36(10-12-37)22-8-7-20-23(30-22)33-35-32-20/h5-8,13,16-17,21,31H,1-4,9-12,14H2,(H,34,38)(H,30,32,33,35). The van der Waals surface area contributed by atoms with Crippen molar-refractivity contribution in [2.24, 2.45) is 11.8 Å². The van der Waals surface area contributed by atoms with Crippen LogP contribution in [0.1, 0.15) is 47.2 Å². The molecule has 39 heavy (non-hydrogen) atoms. The minimum absolute atomic E-state index is 0.0190. The van der Waals surface area contributed by atoms with Crippen molar-refractivity contribution in [3.63, 3.8) is 0 Å². The van der Waals surface area contributed by atoms with Crippen molar-refractivity contribution in [2.75, 3.05) is 31.1 Å². The van der Waals surface area contributed by atoms with Gasteiger partial charge in [0.2, 0.25) is 11.6 Å². The van der Waals surface area contributed by atoms with Gasteiger partial charge in [0.1, 0.15) is 11.3 Å². The Balaban J connectivity index is 1.19. The molecule has 1 saturated carbocycles. The average molecular weight is 543 g/mol. The van der Waals surface area contributed by atoms with E-state index in [4.69, 9.17) is 0 Å². The number of halogens is 3. The Morgan fingerprint density at radius 1 is 1.03 bits per heavy atom. The zero-order valence-electron chi connectivity index (χ0n) is 21.2. The third-order valence-electron chi connectivity index (χ3n) is 8.19. The van der Waals surface area contributed by atoms with Crippen molar-refractivity contribution in [3.8, 4) is 0 Å². The van der Waals surface area contributed by atoms with Gasteiger partial charge in [-0.1, -0.05) is 18.9 Å². The summed E-state index contributed by atoms with van der Waals surface area (Å²) in [6, 6.07) is 7.34. The molecule has 206 valence electrons. The van der Waals surface area contributed by atoms with Gasteiger partial charge in [-0.2, -0.15) is 23.5 Å². The number of piperazine rings is 1. The summed E-state index contributed by atoms with van der Waals surface area (Å²) >= 11 is 0. The molecule has 2 aliphatic heterocycles. The molecule has 3 fully saturated rings. The maximum absolute atomic E-state index is 14.0. The fourth-order valence-electron chi connectivity index (χ4n) is 6.14. The summed E-state index contributed by atoms with van der Waals surface area (Å²) < 4.78 is 41.9. The van der Waals surface area contributed by atoms with Gasteiger partial charge >= 0.3 is 6.18 Å². The first-order chi connectivity index (χ1) is 18.8. The summed E-state index contributed by atoms with van der Waals surface area (Å²) in [5.41, 5.74) is 6.28. The highest BCUT2D eigenvalue weighted by molar-refractivity contribution is 5.96. The van der Waals surface area contributed by atoms with Gasteiger partial charge in [0, 0.05) is 38.1 Å². The average Bonchev–Trinajstić information content (AvgIpc) is 3.42. The Kier molecular flexibility index (Phi) is 6.61. The fourth-order valence-corrected chi connectivity index (χ4v) is 6.14. The normalized spacial score (nSPS) is 24.0. The second-order valence-corrected chi connectivity index (χ2v) is 10.5. The van der Waals surface area contributed by atoms with Crippen LogP contribution in [-0.2, 0) is 17.4 Å². The van der Waals surface area contributed by atoms with Crippen LogP contribution in [0.25, 0.3) is 11.2 Å². The van der Waals surface area contributed by atoms with Crippen molar-refractivity contribution in [2.45, 2.75) is 44.3 Å². The van der Waals surface area contributed by atoms with Crippen LogP contribution in [0.2, 0.25) is 0 Å². The summed E-state index contributed by atoms with van der Waals surface area (Å²) in [4.78, 5) is 33.7. The smallest absolute Gasteiger partial charge is 0.353 e. The molecular weight excluding hydrogens is 513 g/mol. The molecule has 2 aromatic heterocycles. The van der Waals surface area contributed by atoms with E-state index in [9.17, 15) is 22.8 Å². The van der Waals surface area contributed by atoms with Gasteiger partial charge in [-0.05, 0) is 55.0 Å². The molecule has 1 aliphatic carbocycles. The van der Waals surface area contributed by atoms with E-state index in [1.807, 2.05) is 11.0 Å². The van der Waals surface area contributed by atoms with Crippen LogP contribution in [0.5, 0.6) is 0 Å². The molecule has 3 atom stereocenters. The highest BCUT2D eigenvalue weighted by Crippen LogP contribution is 2.37. The Labute approximate surface area is 222 Å². The highest BCUT2D eigenvalue weighted by Gasteiger charge is 2.41. The molecular formula is C26H29F3N8O2. The summed E-state index contributed by atoms with van der Waals surface area (Å²) in [6.07, 6.45) is -0.502. The van der Waals surface area contributed by atoms with E-state index in [1.54, 1.807) is 6.07 Å². The zero-order valence-corrected chi connectivity index (χ0v) is 21.2. The lowest BCUT2D eigenvalue weighted by Crippen LogP contribution is -2.60. The maximum Gasteiger partial charge on any atom is 0.417 e. The number of pyridine rings is 1. The summed E-state index contributed by atoms with van der Waals surface area (Å²) in [5.74, 6) is 0.0525. The topological polar surface area (TPSA) is 119 Å². The van der Waals surface area contributed by atoms with Crippen LogP contribution < -0.4 is 15.8 Å². The van der Waals surface area contributed by atoms with Crippen LogP contribution in [-0.4, -0.2) is 69.3 Å². The van der Waals surface area contributed by atoms with Crippen LogP contribution in [0.3, 0.4) is 0 Å². The van der Waals surface area contributed by atoms with Gasteiger partial charge in [0.25, 0.3) is 5.91 Å². The first-order valence-electron chi connectivity index (χ1n) is 13.2. The molecule has 2 saturated heterocycles. The Morgan fingerprint density at radius 2 is 1.82 bits per heavy atom. The fraction of sp³-hybridized carbons (Fsp3) is 0.500. The van der Waals surface area contributed by atoms with Crippen molar-refractivity contribution < 1.29 is 22.8 Å². The molecule has 10 nitrogen and oxygen atoms in total. The van der Waals surface area contributed by atoms with Crippen molar-refractivity contribution >= 4 is 28.8 Å². The van der Waals surface area contributed by atoms with Crippen molar-refractivity contribution in [1.82, 2.24) is 36.1 Å². The first-order valence-corrected chi connectivity index (χ1v) is 13.2. The number of fused-ring (bicyclic) bond motifs is 2. The quantitative estimate of drug-likeness (QED) is 0.464. The van der Waals surface area contributed by atoms with E-state index in [-0.39, 0.29) is 42.4 Å². The third kappa shape index (κ3) is 5.02. The predicted molar refractivity (Wildman–Crippen MR) is 135 cm³/mol. The Morgan fingerprint density at radius 3 is 2.62 bits per heavy atom. The molecule has 0 spiro atoms. The molecule has 6 rings (SSSR count). The van der Waals surface area contributed by atoms with E-state index < -0.39 is 17.6 Å². The minimum atomic E-state index is -4.66. The van der Waals surface area contributed by atoms with E-state index in [1.165, 1.54) is 17.0 Å². The van der Waals surface area contributed by atoms with E-state index in [0.717, 1.165) is 31.7 Å². The van der Waals surface area contributed by atoms with Gasteiger partial charge in [0.15, 0.2) is 0 Å². The highest BCUT2D eigenvalue weighted by atomic mass is 19.4. The van der Waals surface area contributed by atoms with Gasteiger partial charge in [0.05, 0.1) is 11.1 Å². The largest absolute Gasteiger partial charge is 0.417 e. The molecule has 3 unspecified atom stereocenters. The molecule has 3 aromatic rings.